The number of piperidine rings is 1. The fourth-order valence-corrected chi connectivity index (χ4v) is 5.37. The Hall–Kier alpha value is -5.02. The van der Waals surface area contributed by atoms with E-state index in [1.807, 2.05) is 24.0 Å². The van der Waals surface area contributed by atoms with Crippen LogP contribution >= 0.6 is 0 Å². The maximum absolute atomic E-state index is 13.2. The number of likely N-dealkylation sites (tertiary alicyclic amines) is 1. The van der Waals surface area contributed by atoms with E-state index in [9.17, 15) is 10.1 Å². The number of carbonyl (C=O) groups excluding carboxylic acids is 1. The van der Waals surface area contributed by atoms with Crippen LogP contribution in [0.15, 0.2) is 61.4 Å². The first-order chi connectivity index (χ1) is 20.9. The molecule has 1 amide bonds. The van der Waals surface area contributed by atoms with Gasteiger partial charge in [0.15, 0.2) is 0 Å². The summed E-state index contributed by atoms with van der Waals surface area (Å²) in [6, 6.07) is 12.9. The topological polar surface area (TPSA) is 140 Å². The number of amides is 1. The standard InChI is InChI=1S/C31H32N8O4/c1-21(16-39-20-33-19-36-39)43-27-11-22(3-4-24(27)13-32)25-14-34-30(35-15-25)37-26-6-5-23(12-28(26)41-2)29(40)38-9-7-31(8-10-38)17-42-18-31/h3-6,11-12,14-15,19-21H,7-10,16-18H2,1-2H3,(H,34,35,37)/t21-/m0/s1. The number of anilines is 2. The number of nitrogens with one attached hydrogen (secondary N) is 1. The van der Waals surface area contributed by atoms with Crippen LogP contribution in [0.25, 0.3) is 11.1 Å². The van der Waals surface area contributed by atoms with Gasteiger partial charge in [-0.1, -0.05) is 6.07 Å². The summed E-state index contributed by atoms with van der Waals surface area (Å²) in [7, 11) is 1.57. The maximum atomic E-state index is 13.2. The minimum absolute atomic E-state index is 0.000834. The molecule has 0 aliphatic carbocycles. The van der Waals surface area contributed by atoms with Crippen molar-refractivity contribution in [1.82, 2.24) is 29.6 Å². The highest BCUT2D eigenvalue weighted by molar-refractivity contribution is 5.95. The Morgan fingerprint density at radius 1 is 1.12 bits per heavy atom. The number of hydrogen-bond acceptors (Lipinski definition) is 10. The average molecular weight is 581 g/mol. The lowest BCUT2D eigenvalue weighted by molar-refractivity contribution is -0.136. The molecule has 0 saturated carbocycles. The highest BCUT2D eigenvalue weighted by Crippen LogP contribution is 2.39. The zero-order chi connectivity index (χ0) is 29.8. The molecule has 4 heterocycles. The van der Waals surface area contributed by atoms with Crippen molar-refractivity contribution < 1.29 is 19.0 Å². The molecule has 220 valence electrons. The van der Waals surface area contributed by atoms with Crippen LogP contribution in [0.5, 0.6) is 11.5 Å². The third-order valence-corrected chi connectivity index (χ3v) is 7.95. The molecule has 2 aromatic carbocycles. The Morgan fingerprint density at radius 3 is 2.56 bits per heavy atom. The molecule has 4 aromatic rings. The van der Waals surface area contributed by atoms with E-state index in [-0.39, 0.29) is 17.4 Å². The Kier molecular flexibility index (Phi) is 7.89. The number of methoxy groups -OCH3 is 1. The molecule has 43 heavy (non-hydrogen) atoms. The molecule has 2 saturated heterocycles. The predicted octanol–water partition coefficient (Wildman–Crippen LogP) is 4.08. The molecule has 2 fully saturated rings. The molecule has 0 bridgehead atoms. The molecule has 12 nitrogen and oxygen atoms in total. The molecule has 0 radical (unpaired) electrons. The van der Waals surface area contributed by atoms with Gasteiger partial charge in [-0.15, -0.1) is 0 Å². The van der Waals surface area contributed by atoms with Gasteiger partial charge < -0.3 is 24.4 Å². The average Bonchev–Trinajstić information content (AvgIpc) is 3.53. The second kappa shape index (κ2) is 12.1. The summed E-state index contributed by atoms with van der Waals surface area (Å²) in [5, 5.41) is 16.9. The summed E-state index contributed by atoms with van der Waals surface area (Å²) in [4.78, 5) is 28.0. The van der Waals surface area contributed by atoms with Crippen molar-refractivity contribution in [1.29, 1.82) is 5.26 Å². The second-order valence-corrected chi connectivity index (χ2v) is 11.0. The van der Waals surface area contributed by atoms with E-state index in [0.29, 0.717) is 40.8 Å². The van der Waals surface area contributed by atoms with E-state index in [2.05, 4.69) is 31.4 Å². The lowest BCUT2D eigenvalue weighted by Gasteiger charge is -2.47. The number of nitriles is 1. The lowest BCUT2D eigenvalue weighted by atomic mass is 9.77. The molecule has 2 aliphatic rings. The third kappa shape index (κ3) is 6.12. The van der Waals surface area contributed by atoms with Crippen LogP contribution in [0.3, 0.4) is 0 Å². The van der Waals surface area contributed by atoms with Gasteiger partial charge in [-0.05, 0) is 55.7 Å². The molecular formula is C31H32N8O4. The fourth-order valence-electron chi connectivity index (χ4n) is 5.37. The van der Waals surface area contributed by atoms with Gasteiger partial charge in [0.2, 0.25) is 5.95 Å². The van der Waals surface area contributed by atoms with Crippen molar-refractivity contribution >= 4 is 17.5 Å². The van der Waals surface area contributed by atoms with Crippen molar-refractivity contribution in [2.45, 2.75) is 32.4 Å². The number of rotatable bonds is 9. The minimum Gasteiger partial charge on any atom is -0.495 e. The summed E-state index contributed by atoms with van der Waals surface area (Å²) >= 11 is 0. The molecule has 6 rings (SSSR count). The first-order valence-electron chi connectivity index (χ1n) is 14.1. The largest absolute Gasteiger partial charge is 0.495 e. The number of nitrogens with zero attached hydrogens (tertiary/aromatic N) is 7. The molecular weight excluding hydrogens is 548 g/mol. The van der Waals surface area contributed by atoms with Crippen LogP contribution in [0.2, 0.25) is 0 Å². The summed E-state index contributed by atoms with van der Waals surface area (Å²) in [5.41, 5.74) is 3.49. The van der Waals surface area contributed by atoms with Gasteiger partial charge in [0.05, 0.1) is 38.1 Å². The highest BCUT2D eigenvalue weighted by Gasteiger charge is 2.42. The Balaban J connectivity index is 1.12. The number of hydrogen-bond donors (Lipinski definition) is 1. The second-order valence-electron chi connectivity index (χ2n) is 11.0. The zero-order valence-corrected chi connectivity index (χ0v) is 24.1. The predicted molar refractivity (Wildman–Crippen MR) is 157 cm³/mol. The van der Waals surface area contributed by atoms with Crippen LogP contribution in [0.4, 0.5) is 11.6 Å². The molecule has 0 unspecified atom stereocenters. The van der Waals surface area contributed by atoms with Crippen molar-refractivity contribution in [3.05, 3.63) is 72.6 Å². The number of ether oxygens (including phenoxy) is 3. The Labute approximate surface area is 249 Å². The van der Waals surface area contributed by atoms with Crippen LogP contribution in [0, 0.1) is 16.7 Å². The van der Waals surface area contributed by atoms with Gasteiger partial charge in [-0.25, -0.2) is 19.6 Å². The van der Waals surface area contributed by atoms with Crippen LogP contribution < -0.4 is 14.8 Å². The van der Waals surface area contributed by atoms with Gasteiger partial charge >= 0.3 is 0 Å². The van der Waals surface area contributed by atoms with Crippen molar-refractivity contribution in [2.24, 2.45) is 5.41 Å². The van der Waals surface area contributed by atoms with E-state index in [1.54, 1.807) is 54.8 Å². The third-order valence-electron chi connectivity index (χ3n) is 7.95. The first-order valence-corrected chi connectivity index (χ1v) is 14.1. The van der Waals surface area contributed by atoms with Crippen molar-refractivity contribution in [2.75, 3.05) is 38.7 Å². The van der Waals surface area contributed by atoms with E-state index in [1.165, 1.54) is 6.33 Å². The Bertz CT molecular complexity index is 1620. The normalized spacial score (nSPS) is 16.2. The fraction of sp³-hybridized carbons (Fsp3) is 0.355. The number of benzene rings is 2. The van der Waals surface area contributed by atoms with E-state index in [4.69, 9.17) is 14.2 Å². The summed E-state index contributed by atoms with van der Waals surface area (Å²) in [5.74, 6) is 1.36. The SMILES string of the molecule is COc1cc(C(=O)N2CCC3(CC2)COC3)ccc1Nc1ncc(-c2ccc(C#N)c(O[C@@H](C)Cn3cncn3)c2)cn1. The molecule has 1 N–H and O–H groups in total. The monoisotopic (exact) mass is 580 g/mol. The van der Waals surface area contributed by atoms with Crippen LogP contribution in [-0.2, 0) is 11.3 Å². The lowest BCUT2D eigenvalue weighted by Crippen LogP contribution is -2.52. The summed E-state index contributed by atoms with van der Waals surface area (Å²) in [6.07, 6.45) is 8.19. The summed E-state index contributed by atoms with van der Waals surface area (Å²) in [6.45, 7) is 5.48. The highest BCUT2D eigenvalue weighted by atomic mass is 16.5. The molecule has 2 aromatic heterocycles. The van der Waals surface area contributed by atoms with Crippen molar-refractivity contribution in [3.63, 3.8) is 0 Å². The van der Waals surface area contributed by atoms with E-state index < -0.39 is 0 Å². The zero-order valence-electron chi connectivity index (χ0n) is 24.1. The van der Waals surface area contributed by atoms with Crippen molar-refractivity contribution in [3.8, 4) is 28.7 Å². The number of carbonyl (C=O) groups is 1. The van der Waals surface area contributed by atoms with Gasteiger partial charge in [0.25, 0.3) is 5.91 Å². The van der Waals surface area contributed by atoms with Gasteiger partial charge in [0, 0.05) is 42.0 Å². The number of aromatic nitrogens is 5. The molecule has 2 aliphatic heterocycles. The minimum atomic E-state index is -0.238. The van der Waals surface area contributed by atoms with E-state index >= 15 is 0 Å². The van der Waals surface area contributed by atoms with Crippen LogP contribution in [0.1, 0.15) is 35.7 Å². The first kappa shape index (κ1) is 28.1. The van der Waals surface area contributed by atoms with E-state index in [0.717, 1.165) is 50.3 Å². The van der Waals surface area contributed by atoms with Gasteiger partial charge in [0.1, 0.15) is 36.3 Å². The smallest absolute Gasteiger partial charge is 0.253 e. The van der Waals surface area contributed by atoms with Gasteiger partial charge in [-0.2, -0.15) is 10.4 Å². The van der Waals surface area contributed by atoms with Crippen LogP contribution in [-0.4, -0.2) is 75.1 Å². The van der Waals surface area contributed by atoms with Gasteiger partial charge in [-0.3, -0.25) is 4.79 Å². The molecule has 12 heteroatoms. The molecule has 1 atom stereocenters. The Morgan fingerprint density at radius 2 is 1.91 bits per heavy atom. The maximum Gasteiger partial charge on any atom is 0.253 e. The quantitative estimate of drug-likeness (QED) is 0.308. The summed E-state index contributed by atoms with van der Waals surface area (Å²) < 4.78 is 18.7. The molecule has 1 spiro atoms.